The molecule has 2 aromatic rings. The van der Waals surface area contributed by atoms with Crippen LogP contribution in [0.15, 0.2) is 27.6 Å². The van der Waals surface area contributed by atoms with E-state index in [2.05, 4.69) is 31.1 Å². The Balaban J connectivity index is 2.61. The van der Waals surface area contributed by atoms with Gasteiger partial charge in [0.05, 0.1) is 11.3 Å². The Morgan fingerprint density at radius 1 is 1.43 bits per heavy atom. The third kappa shape index (κ3) is 1.56. The van der Waals surface area contributed by atoms with Crippen molar-refractivity contribution in [2.45, 2.75) is 0 Å². The summed E-state index contributed by atoms with van der Waals surface area (Å²) in [6.07, 6.45) is 1.57. The number of nitrogens with two attached hydrogens (primary N) is 1. The van der Waals surface area contributed by atoms with Gasteiger partial charge in [-0.1, -0.05) is 0 Å². The van der Waals surface area contributed by atoms with Crippen molar-refractivity contribution in [2.75, 3.05) is 5.73 Å². The summed E-state index contributed by atoms with van der Waals surface area (Å²) >= 11 is 3.26. The maximum Gasteiger partial charge on any atom is 0.257 e. The van der Waals surface area contributed by atoms with Gasteiger partial charge in [0.1, 0.15) is 5.82 Å². The van der Waals surface area contributed by atoms with Gasteiger partial charge in [-0.15, -0.1) is 0 Å². The minimum absolute atomic E-state index is 0.183. The van der Waals surface area contributed by atoms with Gasteiger partial charge in [-0.25, -0.2) is 0 Å². The molecule has 0 bridgehead atoms. The Morgan fingerprint density at radius 3 is 2.86 bits per heavy atom. The van der Waals surface area contributed by atoms with E-state index in [0.717, 1.165) is 4.47 Å². The van der Waals surface area contributed by atoms with Crippen molar-refractivity contribution < 1.29 is 0 Å². The van der Waals surface area contributed by atoms with Crippen LogP contribution in [0.1, 0.15) is 0 Å². The molecule has 14 heavy (non-hydrogen) atoms. The number of nitrogen functional groups attached to an aromatic ring is 1. The zero-order valence-corrected chi connectivity index (χ0v) is 8.63. The summed E-state index contributed by atoms with van der Waals surface area (Å²) in [6.45, 7) is 0. The maximum atomic E-state index is 11.4. The van der Waals surface area contributed by atoms with Gasteiger partial charge in [0.15, 0.2) is 0 Å². The van der Waals surface area contributed by atoms with Crippen molar-refractivity contribution in [3.8, 4) is 11.3 Å². The van der Waals surface area contributed by atoms with Crippen molar-refractivity contribution in [3.05, 3.63) is 33.2 Å². The molecule has 0 fully saturated rings. The zero-order valence-electron chi connectivity index (χ0n) is 7.04. The lowest BCUT2D eigenvalue weighted by molar-refractivity contribution is 1.09. The van der Waals surface area contributed by atoms with Gasteiger partial charge in [0.25, 0.3) is 5.56 Å². The van der Waals surface area contributed by atoms with Gasteiger partial charge in [-0.2, -0.15) is 5.10 Å². The minimum atomic E-state index is -0.183. The molecule has 72 valence electrons. The molecule has 0 spiro atoms. The predicted molar refractivity (Wildman–Crippen MR) is 56.8 cm³/mol. The molecule has 0 radical (unpaired) electrons. The van der Waals surface area contributed by atoms with Crippen LogP contribution in [0.5, 0.6) is 0 Å². The summed E-state index contributed by atoms with van der Waals surface area (Å²) in [6, 6.07) is 3.31. The van der Waals surface area contributed by atoms with Gasteiger partial charge >= 0.3 is 0 Å². The summed E-state index contributed by atoms with van der Waals surface area (Å²) in [4.78, 5) is 14.0. The highest BCUT2D eigenvalue weighted by molar-refractivity contribution is 9.10. The maximum absolute atomic E-state index is 11.4. The van der Waals surface area contributed by atoms with Crippen LogP contribution in [0.3, 0.4) is 0 Å². The van der Waals surface area contributed by atoms with E-state index in [-0.39, 0.29) is 5.56 Å². The standard InChI is InChI=1S/C8H7BrN4O/c9-4-1-5(8(14)11-3-4)6-2-7(10)13-12-6/h1-3H,(H,11,14)(H3,10,12,13). The first-order valence-electron chi connectivity index (χ1n) is 3.86. The van der Waals surface area contributed by atoms with Gasteiger partial charge in [0, 0.05) is 16.7 Å². The molecule has 5 nitrogen and oxygen atoms in total. The fourth-order valence-electron chi connectivity index (χ4n) is 1.13. The summed E-state index contributed by atoms with van der Waals surface area (Å²) in [5.41, 5.74) is 6.36. The second-order valence-electron chi connectivity index (χ2n) is 2.77. The highest BCUT2D eigenvalue weighted by Gasteiger charge is 2.06. The van der Waals surface area contributed by atoms with E-state index in [4.69, 9.17) is 5.73 Å². The Kier molecular flexibility index (Phi) is 2.12. The molecule has 0 aromatic carbocycles. The fourth-order valence-corrected chi connectivity index (χ4v) is 1.48. The number of anilines is 1. The molecule has 2 aromatic heterocycles. The topological polar surface area (TPSA) is 87.6 Å². The van der Waals surface area contributed by atoms with E-state index in [1.54, 1.807) is 18.3 Å². The summed E-state index contributed by atoms with van der Waals surface area (Å²) < 4.78 is 0.792. The van der Waals surface area contributed by atoms with E-state index in [9.17, 15) is 4.79 Å². The Labute approximate surface area is 87.5 Å². The molecular weight excluding hydrogens is 248 g/mol. The number of H-pyrrole nitrogens is 2. The van der Waals surface area contributed by atoms with Gasteiger partial charge < -0.3 is 10.7 Å². The predicted octanol–water partition coefficient (Wildman–Crippen LogP) is 1.11. The van der Waals surface area contributed by atoms with Crippen LogP contribution in [-0.4, -0.2) is 15.2 Å². The number of nitrogens with one attached hydrogen (secondary N) is 2. The Bertz CT molecular complexity index is 516. The Hall–Kier alpha value is -1.56. The molecule has 4 N–H and O–H groups in total. The monoisotopic (exact) mass is 254 g/mol. The minimum Gasteiger partial charge on any atom is -0.382 e. The van der Waals surface area contributed by atoms with E-state index in [1.807, 2.05) is 0 Å². The molecule has 2 heterocycles. The molecule has 6 heteroatoms. The normalized spacial score (nSPS) is 10.4. The van der Waals surface area contributed by atoms with Crippen molar-refractivity contribution in [1.82, 2.24) is 15.2 Å². The number of hydrogen-bond donors (Lipinski definition) is 3. The molecule has 0 aliphatic heterocycles. The van der Waals surface area contributed by atoms with E-state index in [1.165, 1.54) is 0 Å². The van der Waals surface area contributed by atoms with Gasteiger partial charge in [-0.05, 0) is 22.0 Å². The first kappa shape index (κ1) is 9.01. The van der Waals surface area contributed by atoms with E-state index >= 15 is 0 Å². The average molecular weight is 255 g/mol. The molecule has 0 saturated carbocycles. The van der Waals surface area contributed by atoms with Crippen molar-refractivity contribution >= 4 is 21.7 Å². The van der Waals surface area contributed by atoms with Crippen molar-refractivity contribution in [1.29, 1.82) is 0 Å². The number of halogens is 1. The lowest BCUT2D eigenvalue weighted by atomic mass is 10.2. The van der Waals surface area contributed by atoms with Gasteiger partial charge in [-0.3, -0.25) is 9.89 Å². The molecule has 2 rings (SSSR count). The number of rotatable bonds is 1. The molecule has 0 aliphatic rings. The van der Waals surface area contributed by atoms with Crippen LogP contribution in [-0.2, 0) is 0 Å². The smallest absolute Gasteiger partial charge is 0.257 e. The summed E-state index contributed by atoms with van der Waals surface area (Å²) in [5, 5.41) is 6.42. The first-order chi connectivity index (χ1) is 6.66. The molecule has 0 atom stereocenters. The summed E-state index contributed by atoms with van der Waals surface area (Å²) in [5.74, 6) is 0.361. The highest BCUT2D eigenvalue weighted by Crippen LogP contribution is 2.17. The lowest BCUT2D eigenvalue weighted by Crippen LogP contribution is -2.07. The van der Waals surface area contributed by atoms with Crippen LogP contribution >= 0.6 is 15.9 Å². The quantitative estimate of drug-likeness (QED) is 0.713. The molecular formula is C8H7BrN4O. The number of hydrogen-bond acceptors (Lipinski definition) is 3. The lowest BCUT2D eigenvalue weighted by Gasteiger charge is -1.95. The van der Waals surface area contributed by atoms with Gasteiger partial charge in [0.2, 0.25) is 0 Å². The number of pyridine rings is 1. The van der Waals surface area contributed by atoms with Crippen molar-refractivity contribution in [3.63, 3.8) is 0 Å². The van der Waals surface area contributed by atoms with Crippen LogP contribution in [0.4, 0.5) is 5.82 Å². The fraction of sp³-hybridized carbons (Fsp3) is 0. The van der Waals surface area contributed by atoms with Crippen molar-refractivity contribution in [2.24, 2.45) is 0 Å². The Morgan fingerprint density at radius 2 is 2.21 bits per heavy atom. The van der Waals surface area contributed by atoms with Crippen LogP contribution < -0.4 is 11.3 Å². The van der Waals surface area contributed by atoms with E-state index < -0.39 is 0 Å². The molecule has 0 aliphatic carbocycles. The molecule has 0 unspecified atom stereocenters. The summed E-state index contributed by atoms with van der Waals surface area (Å²) in [7, 11) is 0. The van der Waals surface area contributed by atoms with Crippen LogP contribution in [0, 0.1) is 0 Å². The molecule has 0 amide bonds. The largest absolute Gasteiger partial charge is 0.382 e. The number of nitrogens with zero attached hydrogens (tertiary/aromatic N) is 1. The van der Waals surface area contributed by atoms with Crippen LogP contribution in [0.2, 0.25) is 0 Å². The third-order valence-electron chi connectivity index (χ3n) is 1.76. The number of aromatic amines is 2. The second-order valence-corrected chi connectivity index (χ2v) is 3.68. The third-order valence-corrected chi connectivity index (χ3v) is 2.21. The number of aromatic nitrogens is 3. The highest BCUT2D eigenvalue weighted by atomic mass is 79.9. The molecule has 0 saturated heterocycles. The van der Waals surface area contributed by atoms with E-state index in [0.29, 0.717) is 17.1 Å². The zero-order chi connectivity index (χ0) is 10.1. The average Bonchev–Trinajstić information content (AvgIpc) is 2.56. The first-order valence-corrected chi connectivity index (χ1v) is 4.65. The SMILES string of the molecule is Nc1cc(-c2cc(Br)c[nH]c2=O)[nH]n1. The van der Waals surface area contributed by atoms with Crippen LogP contribution in [0.25, 0.3) is 11.3 Å². The second kappa shape index (κ2) is 3.30.